The quantitative estimate of drug-likeness (QED) is 0.687. The third-order valence-electron chi connectivity index (χ3n) is 4.97. The Bertz CT molecular complexity index is 985. The minimum atomic E-state index is -3.90. The molecule has 0 spiro atoms. The predicted octanol–water partition coefficient (Wildman–Crippen LogP) is 3.72. The molecule has 156 valence electrons. The number of carbonyl (C=O) groups excluding carboxylic acids is 1. The molecule has 2 N–H and O–H groups in total. The predicted molar refractivity (Wildman–Crippen MR) is 113 cm³/mol. The molecule has 1 saturated heterocycles. The Kier molecular flexibility index (Phi) is 6.73. The van der Waals surface area contributed by atoms with E-state index in [4.69, 9.17) is 33.7 Å². The van der Waals surface area contributed by atoms with Crippen LogP contribution in [0, 0.1) is 5.41 Å². The molecule has 3 rings (SSSR count). The topological polar surface area (TPSA) is 89.7 Å². The van der Waals surface area contributed by atoms with Crippen molar-refractivity contribution in [3.8, 4) is 5.75 Å². The van der Waals surface area contributed by atoms with Crippen LogP contribution in [0.4, 0.5) is 0 Å². The smallest absolute Gasteiger partial charge is 0.244 e. The number of rotatable bonds is 7. The van der Waals surface area contributed by atoms with E-state index in [1.807, 2.05) is 18.2 Å². The number of nitrogens with zero attached hydrogens (tertiary/aromatic N) is 1. The van der Waals surface area contributed by atoms with E-state index < -0.39 is 21.3 Å². The molecule has 29 heavy (non-hydrogen) atoms. The van der Waals surface area contributed by atoms with Crippen molar-refractivity contribution in [1.82, 2.24) is 4.31 Å². The fourth-order valence-electron chi connectivity index (χ4n) is 3.62. The SMILES string of the molecule is NC(=O)C[C@@]1(COc2ccccc2)CCCN(S(=O)(=O)c2cc(Cl)ccc2Cl)C1. The number of amides is 1. The molecule has 9 heteroatoms. The Morgan fingerprint density at radius 1 is 1.17 bits per heavy atom. The van der Waals surface area contributed by atoms with Crippen LogP contribution in [0.1, 0.15) is 19.3 Å². The minimum absolute atomic E-state index is 0.0229. The lowest BCUT2D eigenvalue weighted by atomic mass is 9.78. The number of sulfonamides is 1. The first-order valence-corrected chi connectivity index (χ1v) is 11.3. The van der Waals surface area contributed by atoms with Crippen LogP contribution in [-0.2, 0) is 14.8 Å². The van der Waals surface area contributed by atoms with Crippen LogP contribution in [-0.4, -0.2) is 38.3 Å². The van der Waals surface area contributed by atoms with Gasteiger partial charge in [0.05, 0.1) is 11.6 Å². The first kappa shape index (κ1) is 21.9. The van der Waals surface area contributed by atoms with Crippen molar-refractivity contribution in [3.63, 3.8) is 0 Å². The van der Waals surface area contributed by atoms with Gasteiger partial charge >= 0.3 is 0 Å². The van der Waals surface area contributed by atoms with Crippen LogP contribution in [0.25, 0.3) is 0 Å². The maximum atomic E-state index is 13.2. The van der Waals surface area contributed by atoms with Crippen molar-refractivity contribution >= 4 is 39.1 Å². The molecule has 1 aliphatic rings. The number of hydrogen-bond donors (Lipinski definition) is 1. The summed E-state index contributed by atoms with van der Waals surface area (Å²) in [5.74, 6) is 0.149. The first-order chi connectivity index (χ1) is 13.7. The second-order valence-electron chi connectivity index (χ2n) is 7.26. The van der Waals surface area contributed by atoms with Crippen LogP contribution in [0.3, 0.4) is 0 Å². The van der Waals surface area contributed by atoms with Crippen LogP contribution >= 0.6 is 23.2 Å². The van der Waals surface area contributed by atoms with Crippen LogP contribution in [0.5, 0.6) is 5.75 Å². The molecule has 1 atom stereocenters. The van der Waals surface area contributed by atoms with Crippen molar-refractivity contribution in [2.75, 3.05) is 19.7 Å². The molecule has 2 aromatic rings. The molecule has 0 unspecified atom stereocenters. The van der Waals surface area contributed by atoms with Gasteiger partial charge in [-0.2, -0.15) is 4.31 Å². The average molecular weight is 457 g/mol. The molecule has 0 radical (unpaired) electrons. The Morgan fingerprint density at radius 2 is 1.90 bits per heavy atom. The summed E-state index contributed by atoms with van der Waals surface area (Å²) in [5.41, 5.74) is 4.76. The van der Waals surface area contributed by atoms with E-state index >= 15 is 0 Å². The standard InChI is InChI=1S/C20H22Cl2N2O4S/c21-15-7-8-17(22)18(11-15)29(26,27)24-10-4-9-20(13-24,12-19(23)25)14-28-16-5-2-1-3-6-16/h1-3,5-8,11H,4,9-10,12-14H2,(H2,23,25)/t20-/m0/s1. The summed E-state index contributed by atoms with van der Waals surface area (Å²) < 4.78 is 33.7. The number of para-hydroxylation sites is 1. The minimum Gasteiger partial charge on any atom is -0.493 e. The lowest BCUT2D eigenvalue weighted by Gasteiger charge is -2.41. The Morgan fingerprint density at radius 3 is 2.59 bits per heavy atom. The van der Waals surface area contributed by atoms with Gasteiger partial charge < -0.3 is 10.5 Å². The maximum Gasteiger partial charge on any atom is 0.244 e. The number of nitrogens with two attached hydrogens (primary N) is 1. The van der Waals surface area contributed by atoms with Gasteiger partial charge in [0.15, 0.2) is 0 Å². The summed E-state index contributed by atoms with van der Waals surface area (Å²) in [6.45, 7) is 0.597. The van der Waals surface area contributed by atoms with E-state index in [1.54, 1.807) is 12.1 Å². The van der Waals surface area contributed by atoms with E-state index in [2.05, 4.69) is 0 Å². The highest BCUT2D eigenvalue weighted by Gasteiger charge is 2.42. The van der Waals surface area contributed by atoms with Gasteiger partial charge in [0.25, 0.3) is 0 Å². The van der Waals surface area contributed by atoms with E-state index in [0.29, 0.717) is 25.1 Å². The van der Waals surface area contributed by atoms with Gasteiger partial charge in [0, 0.05) is 29.9 Å². The molecule has 6 nitrogen and oxygen atoms in total. The molecule has 1 heterocycles. The molecule has 0 aliphatic carbocycles. The fourth-order valence-corrected chi connectivity index (χ4v) is 5.95. The Hall–Kier alpha value is -1.80. The van der Waals surface area contributed by atoms with Crippen molar-refractivity contribution in [2.45, 2.75) is 24.2 Å². The number of carbonyl (C=O) groups is 1. The third-order valence-corrected chi connectivity index (χ3v) is 7.54. The fraction of sp³-hybridized carbons (Fsp3) is 0.350. The largest absolute Gasteiger partial charge is 0.493 e. The Labute approximate surface area is 180 Å². The number of ether oxygens (including phenoxy) is 1. The van der Waals surface area contributed by atoms with E-state index in [9.17, 15) is 13.2 Å². The zero-order valence-corrected chi connectivity index (χ0v) is 18.0. The molecule has 0 bridgehead atoms. The van der Waals surface area contributed by atoms with Crippen LogP contribution in [0.15, 0.2) is 53.4 Å². The molecule has 0 saturated carbocycles. The summed E-state index contributed by atoms with van der Waals surface area (Å²) in [5, 5.41) is 0.377. The highest BCUT2D eigenvalue weighted by molar-refractivity contribution is 7.89. The molecule has 1 aliphatic heterocycles. The van der Waals surface area contributed by atoms with Crippen LogP contribution < -0.4 is 10.5 Å². The monoisotopic (exact) mass is 456 g/mol. The number of halogens is 2. The zero-order chi connectivity index (χ0) is 21.1. The van der Waals surface area contributed by atoms with Crippen molar-refractivity contribution < 1.29 is 17.9 Å². The van der Waals surface area contributed by atoms with Crippen molar-refractivity contribution in [2.24, 2.45) is 11.1 Å². The van der Waals surface area contributed by atoms with E-state index in [0.717, 1.165) is 0 Å². The summed E-state index contributed by atoms with van der Waals surface area (Å²) in [7, 11) is -3.90. The van der Waals surface area contributed by atoms with Gasteiger partial charge in [-0.15, -0.1) is 0 Å². The number of piperidine rings is 1. The number of hydrogen-bond acceptors (Lipinski definition) is 4. The molecule has 0 aromatic heterocycles. The first-order valence-electron chi connectivity index (χ1n) is 9.13. The van der Waals surface area contributed by atoms with E-state index in [-0.39, 0.29) is 34.5 Å². The summed E-state index contributed by atoms with van der Waals surface area (Å²) in [6.07, 6.45) is 1.22. The summed E-state index contributed by atoms with van der Waals surface area (Å²) in [6, 6.07) is 13.5. The normalized spacial score (nSPS) is 20.3. The second kappa shape index (κ2) is 8.92. The van der Waals surface area contributed by atoms with Crippen molar-refractivity contribution in [3.05, 3.63) is 58.6 Å². The van der Waals surface area contributed by atoms with Gasteiger partial charge in [-0.1, -0.05) is 41.4 Å². The lowest BCUT2D eigenvalue weighted by Crippen LogP contribution is -2.50. The second-order valence-corrected chi connectivity index (χ2v) is 10.0. The van der Waals surface area contributed by atoms with Gasteiger partial charge in [0.1, 0.15) is 10.6 Å². The van der Waals surface area contributed by atoms with Gasteiger partial charge in [-0.05, 0) is 43.2 Å². The Balaban J connectivity index is 1.87. The zero-order valence-electron chi connectivity index (χ0n) is 15.7. The molecule has 1 fully saturated rings. The van der Waals surface area contributed by atoms with Gasteiger partial charge in [-0.25, -0.2) is 8.42 Å². The molecular weight excluding hydrogens is 435 g/mol. The third kappa shape index (κ3) is 5.22. The molecule has 2 aromatic carbocycles. The highest BCUT2D eigenvalue weighted by atomic mass is 35.5. The van der Waals surface area contributed by atoms with Gasteiger partial charge in [-0.3, -0.25) is 4.79 Å². The van der Waals surface area contributed by atoms with Gasteiger partial charge in [0.2, 0.25) is 15.9 Å². The number of benzene rings is 2. The lowest BCUT2D eigenvalue weighted by molar-refractivity contribution is -0.121. The number of primary amides is 1. The highest BCUT2D eigenvalue weighted by Crippen LogP contribution is 2.38. The van der Waals surface area contributed by atoms with E-state index in [1.165, 1.54) is 22.5 Å². The molecular formula is C20H22Cl2N2O4S. The molecule has 1 amide bonds. The van der Waals surface area contributed by atoms with Crippen molar-refractivity contribution in [1.29, 1.82) is 0 Å². The van der Waals surface area contributed by atoms with Crippen LogP contribution in [0.2, 0.25) is 10.0 Å². The average Bonchev–Trinajstić information content (AvgIpc) is 2.69. The summed E-state index contributed by atoms with van der Waals surface area (Å²) in [4.78, 5) is 11.7. The maximum absolute atomic E-state index is 13.2. The summed E-state index contributed by atoms with van der Waals surface area (Å²) >= 11 is 12.1.